The molecule has 0 aromatic carbocycles. The molecule has 4 saturated heterocycles. The van der Waals surface area contributed by atoms with Crippen molar-refractivity contribution in [2.45, 2.75) is 202 Å². The summed E-state index contributed by atoms with van der Waals surface area (Å²) in [6.07, 6.45) is -40.1. The van der Waals surface area contributed by atoms with E-state index in [1.165, 1.54) is 14.0 Å². The van der Waals surface area contributed by atoms with Crippen LogP contribution in [-0.2, 0) is 76.4 Å². The van der Waals surface area contributed by atoms with Crippen molar-refractivity contribution >= 4 is 29.6 Å². The molecule has 36 nitrogen and oxygen atoms in total. The second kappa shape index (κ2) is 32.8. The number of nitrogens with one attached hydrogen (secondary N) is 5. The lowest BCUT2D eigenvalue weighted by atomic mass is 9.96. The van der Waals surface area contributed by atoms with Crippen LogP contribution in [0.1, 0.15) is 54.4 Å². The Morgan fingerprint density at radius 2 is 1.00 bits per heavy atom. The van der Waals surface area contributed by atoms with E-state index in [2.05, 4.69) is 26.6 Å². The molecule has 0 spiro atoms. The number of likely N-dealkylation sites (N-methyl/N-ethyl adjacent to an activating group) is 1. The number of aliphatic hydroxyl groups is 15. The minimum absolute atomic E-state index is 0.527. The monoisotopic (exact) mass is 1210 g/mol. The van der Waals surface area contributed by atoms with Gasteiger partial charge in [0.2, 0.25) is 29.9 Å². The van der Waals surface area contributed by atoms with Crippen LogP contribution < -0.4 is 26.6 Å². The molecule has 4 aliphatic heterocycles. The van der Waals surface area contributed by atoms with E-state index in [1.807, 2.05) is 0 Å². The Morgan fingerprint density at radius 1 is 0.518 bits per heavy atom. The molecule has 4 aliphatic rings. The number of amides is 4. The van der Waals surface area contributed by atoms with Gasteiger partial charge in [0.05, 0.1) is 18.8 Å². The molecule has 0 aliphatic carbocycles. The van der Waals surface area contributed by atoms with Gasteiger partial charge in [-0.15, -0.1) is 0 Å². The Morgan fingerprint density at radius 3 is 1.47 bits per heavy atom. The molecule has 4 rings (SSSR count). The van der Waals surface area contributed by atoms with Gasteiger partial charge in [-0.25, -0.2) is 9.78 Å². The minimum atomic E-state index is -2.59. The second-order valence-corrected chi connectivity index (χ2v) is 19.6. The maximum Gasteiger partial charge on any atom is 0.302 e. The molecule has 4 fully saturated rings. The van der Waals surface area contributed by atoms with Gasteiger partial charge < -0.3 is 146 Å². The van der Waals surface area contributed by atoms with Gasteiger partial charge in [-0.3, -0.25) is 24.0 Å². The third-order valence-corrected chi connectivity index (χ3v) is 13.2. The Balaban J connectivity index is 1.66. The summed E-state index contributed by atoms with van der Waals surface area (Å²) in [4.78, 5) is 71.7. The first kappa shape index (κ1) is 71.0. The molecule has 83 heavy (non-hydrogen) atoms. The highest BCUT2D eigenvalue weighted by Gasteiger charge is 2.52. The zero-order valence-electron chi connectivity index (χ0n) is 46.0. The summed E-state index contributed by atoms with van der Waals surface area (Å²) in [6, 6.07) is -4.83. The van der Waals surface area contributed by atoms with Crippen molar-refractivity contribution in [3.63, 3.8) is 0 Å². The summed E-state index contributed by atoms with van der Waals surface area (Å²) in [5, 5.41) is 175. The summed E-state index contributed by atoms with van der Waals surface area (Å²) < 4.78 is 50.7. The van der Waals surface area contributed by atoms with Crippen LogP contribution in [0.25, 0.3) is 0 Å². The number of ether oxygens (including phenoxy) is 9. The average Bonchev–Trinajstić information content (AvgIpc) is 3.06. The molecule has 0 bridgehead atoms. The maximum atomic E-state index is 12.7. The molecule has 4 amide bonds. The fourth-order valence-corrected chi connectivity index (χ4v) is 9.09. The van der Waals surface area contributed by atoms with Crippen molar-refractivity contribution < 1.29 is 153 Å². The van der Waals surface area contributed by atoms with Gasteiger partial charge in [-0.05, 0) is 14.0 Å². The summed E-state index contributed by atoms with van der Waals surface area (Å²) in [5.74, 6) is -6.67. The predicted molar refractivity (Wildman–Crippen MR) is 265 cm³/mol. The highest BCUT2D eigenvalue weighted by atomic mass is 17.2. The lowest BCUT2D eigenvalue weighted by molar-refractivity contribution is -0.433. The van der Waals surface area contributed by atoms with E-state index in [9.17, 15) is 101 Å². The van der Waals surface area contributed by atoms with Crippen LogP contribution in [0.4, 0.5) is 0 Å². The van der Waals surface area contributed by atoms with Crippen LogP contribution >= 0.6 is 0 Å². The molecule has 0 aromatic heterocycles. The van der Waals surface area contributed by atoms with Crippen molar-refractivity contribution in [1.82, 2.24) is 26.6 Å². The zero-order chi connectivity index (χ0) is 62.3. The van der Waals surface area contributed by atoms with Crippen LogP contribution in [0.5, 0.6) is 0 Å². The average molecular weight is 1210 g/mol. The third-order valence-electron chi connectivity index (χ3n) is 13.2. The van der Waals surface area contributed by atoms with E-state index in [4.69, 9.17) is 52.4 Å². The molecule has 23 unspecified atom stereocenters. The Labute approximate surface area is 473 Å². The number of carbonyl (C=O) groups excluding carboxylic acids is 5. The lowest BCUT2D eigenvalue weighted by Gasteiger charge is -2.45. The summed E-state index contributed by atoms with van der Waals surface area (Å²) in [7, 11) is 1.34. The van der Waals surface area contributed by atoms with Gasteiger partial charge in [0.15, 0.2) is 31.5 Å². The van der Waals surface area contributed by atoms with E-state index >= 15 is 0 Å². The minimum Gasteiger partial charge on any atom is -0.507 e. The SMILES string of the molecule is CNC1C(O[C@@H](CCO)/C(O)=C(/NC(C)=O)C(O)OC2C(CO)OC(OC(CCO)/C(O)=C(/NC(C)=O)C(O)OC3C(COOC4OC(C)C(O)C(O)C4O)OC(O)C(NC(C)=O)C3O)C(NC(C)=O)C2O)OC(COC(C)=O)C(O)C1O. The highest BCUT2D eigenvalue weighted by molar-refractivity contribution is 5.76. The molecular formula is C47H79N5O31. The van der Waals surface area contributed by atoms with Crippen LogP contribution in [0.15, 0.2) is 22.9 Å². The fourth-order valence-electron chi connectivity index (χ4n) is 9.09. The van der Waals surface area contributed by atoms with Crippen molar-refractivity contribution in [1.29, 1.82) is 0 Å². The first-order chi connectivity index (χ1) is 39.0. The number of carbonyl (C=O) groups is 5. The van der Waals surface area contributed by atoms with Gasteiger partial charge in [-0.2, -0.15) is 0 Å². The molecule has 20 N–H and O–H groups in total. The first-order valence-corrected chi connectivity index (χ1v) is 25.9. The number of rotatable bonds is 28. The smallest absolute Gasteiger partial charge is 0.302 e. The Hall–Kier alpha value is -4.53. The molecule has 24 atom stereocenters. The predicted octanol–water partition coefficient (Wildman–Crippen LogP) is -9.72. The fraction of sp³-hybridized carbons (Fsp3) is 0.809. The Bertz CT molecular complexity index is 2180. The molecule has 0 aromatic rings. The summed E-state index contributed by atoms with van der Waals surface area (Å²) in [5.41, 5.74) is -1.88. The number of aliphatic hydroxyl groups excluding tert-OH is 15. The lowest BCUT2D eigenvalue weighted by Crippen LogP contribution is -2.66. The van der Waals surface area contributed by atoms with Crippen molar-refractivity contribution in [3.8, 4) is 0 Å². The van der Waals surface area contributed by atoms with Gasteiger partial charge in [0.1, 0.15) is 134 Å². The van der Waals surface area contributed by atoms with E-state index in [0.29, 0.717) is 0 Å². The van der Waals surface area contributed by atoms with Gasteiger partial charge in [0, 0.05) is 60.7 Å². The van der Waals surface area contributed by atoms with Crippen LogP contribution in [-0.4, -0.2) is 294 Å². The largest absolute Gasteiger partial charge is 0.507 e. The van der Waals surface area contributed by atoms with Crippen LogP contribution in [0.3, 0.4) is 0 Å². The van der Waals surface area contributed by atoms with Crippen LogP contribution in [0, 0.1) is 0 Å². The molecular weight excluding hydrogens is 1130 g/mol. The molecule has 0 saturated carbocycles. The van der Waals surface area contributed by atoms with Crippen molar-refractivity contribution in [3.05, 3.63) is 22.9 Å². The molecule has 36 heteroatoms. The van der Waals surface area contributed by atoms with E-state index in [-0.39, 0.29) is 0 Å². The zero-order valence-corrected chi connectivity index (χ0v) is 46.0. The first-order valence-electron chi connectivity index (χ1n) is 25.9. The standard InChI is InChI=1S/C47H79N5O31/c1-15-31(61)38(68)39(69)47(75-15)83-74-14-25-41(36(66)28(42(70)76-25)51-18(4)58)82-44(72)27(50-17(3)57)33(63)22(9-11-54)78-46-30(52-19(5)59)37(67)40(23(12-55)79-46)81-43(71)26(49-16(2)56)32(62)21(8-10-53)77-45-29(48-7)35(65)34(64)24(80-45)13-73-20(6)60/h15,21-25,28-31,34-48,53-55,61-72H,8-14H2,1-7H3,(H,49,56)(H,50,57)(H,51,58)(H,52,59)/b32-26-,33-27-/t15?,21-,22?,23?,24?,25?,28?,29?,30?,31?,34?,35?,36?,37?,38?,39?,40?,41?,42?,43?,44?,45?,46?,47?/m0/s1. The van der Waals surface area contributed by atoms with E-state index in [0.717, 1.165) is 34.6 Å². The van der Waals surface area contributed by atoms with Gasteiger partial charge >= 0.3 is 5.97 Å². The number of hydrogen-bond acceptors (Lipinski definition) is 32. The highest BCUT2D eigenvalue weighted by Crippen LogP contribution is 2.33. The second-order valence-electron chi connectivity index (χ2n) is 19.6. The van der Waals surface area contributed by atoms with E-state index in [1.54, 1.807) is 0 Å². The Kier molecular flexibility index (Phi) is 28.1. The summed E-state index contributed by atoms with van der Waals surface area (Å²) >= 11 is 0. The molecule has 0 radical (unpaired) electrons. The normalized spacial score (nSPS) is 36.0. The maximum absolute atomic E-state index is 12.7. The van der Waals surface area contributed by atoms with Gasteiger partial charge in [0.25, 0.3) is 0 Å². The van der Waals surface area contributed by atoms with Crippen molar-refractivity contribution in [2.24, 2.45) is 0 Å². The molecule has 4 heterocycles. The topological polar surface area (TPSA) is 550 Å². The van der Waals surface area contributed by atoms with Gasteiger partial charge in [-0.1, -0.05) is 0 Å². The van der Waals surface area contributed by atoms with Crippen LogP contribution in [0.2, 0.25) is 0 Å². The quantitative estimate of drug-likeness (QED) is 0.0114. The number of esters is 1. The summed E-state index contributed by atoms with van der Waals surface area (Å²) in [6.45, 7) is 2.04. The molecule has 478 valence electrons. The third kappa shape index (κ3) is 19.0. The number of hydrogen-bond donors (Lipinski definition) is 20. The van der Waals surface area contributed by atoms with Crippen molar-refractivity contribution in [2.75, 3.05) is 40.1 Å². The van der Waals surface area contributed by atoms with E-state index < -0.39 is 246 Å².